The maximum atomic E-state index is 14.8. The lowest BCUT2D eigenvalue weighted by molar-refractivity contribution is 0.0708. The molecule has 0 fully saturated rings. The van der Waals surface area contributed by atoms with Gasteiger partial charge >= 0.3 is 0 Å². The Morgan fingerprint density at radius 1 is 1.21 bits per heavy atom. The van der Waals surface area contributed by atoms with Crippen molar-refractivity contribution in [2.45, 2.75) is 19.4 Å². The van der Waals surface area contributed by atoms with Gasteiger partial charge in [0.2, 0.25) is 0 Å². The van der Waals surface area contributed by atoms with E-state index in [-0.39, 0.29) is 11.7 Å². The predicted molar refractivity (Wildman–Crippen MR) is 106 cm³/mol. The van der Waals surface area contributed by atoms with Crippen LogP contribution in [0.25, 0.3) is 11.3 Å². The van der Waals surface area contributed by atoms with E-state index in [1.807, 2.05) is 6.92 Å². The van der Waals surface area contributed by atoms with Gasteiger partial charge in [0.1, 0.15) is 23.0 Å². The van der Waals surface area contributed by atoms with Gasteiger partial charge in [-0.25, -0.2) is 4.39 Å². The number of halogens is 1. The average molecular weight is 395 g/mol. The third-order valence-electron chi connectivity index (χ3n) is 5.11. The molecule has 1 aromatic heterocycles. The summed E-state index contributed by atoms with van der Waals surface area (Å²) in [7, 11) is 0. The molecule has 150 valence electrons. The van der Waals surface area contributed by atoms with Crippen LogP contribution in [-0.4, -0.2) is 45.9 Å². The molecular weight excluding hydrogens is 373 g/mol. The van der Waals surface area contributed by atoms with Crippen LogP contribution in [0.1, 0.15) is 41.0 Å². The van der Waals surface area contributed by atoms with Crippen molar-refractivity contribution in [2.75, 3.05) is 19.8 Å². The number of aromatic amines is 1. The molecule has 0 spiro atoms. The summed E-state index contributed by atoms with van der Waals surface area (Å²) in [6, 6.07) is 12.6. The lowest BCUT2D eigenvalue weighted by atomic mass is 9.95. The lowest BCUT2D eigenvalue weighted by Crippen LogP contribution is -2.31. The summed E-state index contributed by atoms with van der Waals surface area (Å²) in [5, 5.41) is 17.4. The van der Waals surface area contributed by atoms with Crippen molar-refractivity contribution >= 4 is 5.91 Å². The summed E-state index contributed by atoms with van der Waals surface area (Å²) in [6.07, 6.45) is 0.633. The normalized spacial score (nSPS) is 15.7. The van der Waals surface area contributed by atoms with Crippen LogP contribution in [0.4, 0.5) is 4.39 Å². The number of rotatable bonds is 7. The van der Waals surface area contributed by atoms with Gasteiger partial charge in [-0.2, -0.15) is 5.10 Å². The van der Waals surface area contributed by atoms with E-state index in [1.165, 1.54) is 6.07 Å². The van der Waals surface area contributed by atoms with Crippen molar-refractivity contribution < 1.29 is 19.0 Å². The lowest BCUT2D eigenvalue weighted by Gasteiger charge is -2.26. The monoisotopic (exact) mass is 395 g/mol. The number of para-hydroxylation sites is 1. The first-order chi connectivity index (χ1) is 14.1. The van der Waals surface area contributed by atoms with E-state index in [0.717, 1.165) is 0 Å². The largest absolute Gasteiger partial charge is 0.507 e. The standard InChI is InChI=1S/C22H22FN3O3/c1-2-29-13-7-12-26-21(14-8-3-5-10-16(14)23)18-19(24-25-20(18)22(26)28)15-9-4-6-11-17(15)27/h3-6,8-11,21,27H,2,7,12-13H2,1H3,(H,24,25). The highest BCUT2D eigenvalue weighted by molar-refractivity contribution is 6.00. The highest BCUT2D eigenvalue weighted by atomic mass is 19.1. The first kappa shape index (κ1) is 19.1. The number of hydrogen-bond donors (Lipinski definition) is 2. The number of fused-ring (bicyclic) bond motifs is 1. The van der Waals surface area contributed by atoms with Crippen LogP contribution in [-0.2, 0) is 4.74 Å². The highest BCUT2D eigenvalue weighted by Crippen LogP contribution is 2.44. The number of nitrogens with zero attached hydrogens (tertiary/aromatic N) is 2. The molecule has 1 aliphatic heterocycles. The molecule has 1 aliphatic rings. The van der Waals surface area contributed by atoms with E-state index in [1.54, 1.807) is 47.4 Å². The number of H-pyrrole nitrogens is 1. The average Bonchev–Trinajstić information content (AvgIpc) is 3.26. The quantitative estimate of drug-likeness (QED) is 0.595. The number of amides is 1. The maximum Gasteiger partial charge on any atom is 0.273 e. The van der Waals surface area contributed by atoms with Crippen molar-refractivity contribution in [1.82, 2.24) is 15.1 Å². The zero-order chi connectivity index (χ0) is 20.4. The molecule has 4 rings (SSSR count). The first-order valence-electron chi connectivity index (χ1n) is 9.63. The summed E-state index contributed by atoms with van der Waals surface area (Å²) in [4.78, 5) is 14.8. The number of nitrogens with one attached hydrogen (secondary N) is 1. The van der Waals surface area contributed by atoms with Crippen molar-refractivity contribution in [3.63, 3.8) is 0 Å². The summed E-state index contributed by atoms with van der Waals surface area (Å²) >= 11 is 0. The number of ether oxygens (including phenoxy) is 1. The Bertz CT molecular complexity index is 1030. The minimum atomic E-state index is -0.631. The Balaban J connectivity index is 1.81. The number of phenols is 1. The second-order valence-corrected chi connectivity index (χ2v) is 6.85. The fourth-order valence-corrected chi connectivity index (χ4v) is 3.81. The van der Waals surface area contributed by atoms with E-state index >= 15 is 0 Å². The van der Waals surface area contributed by atoms with Crippen molar-refractivity contribution in [1.29, 1.82) is 0 Å². The predicted octanol–water partition coefficient (Wildman–Crippen LogP) is 3.89. The van der Waals surface area contributed by atoms with Crippen LogP contribution in [0, 0.1) is 5.82 Å². The van der Waals surface area contributed by atoms with Gasteiger partial charge in [0.25, 0.3) is 5.91 Å². The summed E-state index contributed by atoms with van der Waals surface area (Å²) in [6.45, 7) is 3.45. The Morgan fingerprint density at radius 3 is 2.72 bits per heavy atom. The van der Waals surface area contributed by atoms with Gasteiger partial charge in [0.15, 0.2) is 0 Å². The summed E-state index contributed by atoms with van der Waals surface area (Å²) in [5.74, 6) is -0.576. The molecule has 2 aromatic carbocycles. The van der Waals surface area contributed by atoms with Crippen LogP contribution in [0.2, 0.25) is 0 Å². The van der Waals surface area contributed by atoms with Gasteiger partial charge in [-0.1, -0.05) is 30.3 Å². The number of aromatic nitrogens is 2. The highest BCUT2D eigenvalue weighted by Gasteiger charge is 2.43. The zero-order valence-corrected chi connectivity index (χ0v) is 16.1. The molecule has 6 nitrogen and oxygen atoms in total. The van der Waals surface area contributed by atoms with Gasteiger partial charge < -0.3 is 14.7 Å². The molecule has 0 saturated heterocycles. The fraction of sp³-hybridized carbons (Fsp3) is 0.273. The molecule has 1 unspecified atom stereocenters. The Hall–Kier alpha value is -3.19. The second-order valence-electron chi connectivity index (χ2n) is 6.85. The van der Waals surface area contributed by atoms with Crippen LogP contribution in [0.3, 0.4) is 0 Å². The van der Waals surface area contributed by atoms with Gasteiger partial charge in [-0.3, -0.25) is 9.89 Å². The molecule has 0 saturated carbocycles. The Kier molecular flexibility index (Phi) is 5.31. The zero-order valence-electron chi connectivity index (χ0n) is 16.1. The van der Waals surface area contributed by atoms with Gasteiger partial charge in [0, 0.05) is 36.4 Å². The molecule has 1 amide bonds. The van der Waals surface area contributed by atoms with E-state index < -0.39 is 11.9 Å². The minimum Gasteiger partial charge on any atom is -0.507 e. The van der Waals surface area contributed by atoms with Gasteiger partial charge in [0.05, 0.1) is 6.04 Å². The molecule has 29 heavy (non-hydrogen) atoms. The van der Waals surface area contributed by atoms with E-state index in [0.29, 0.717) is 54.3 Å². The van der Waals surface area contributed by atoms with Crippen molar-refractivity contribution in [3.8, 4) is 17.0 Å². The number of aromatic hydroxyl groups is 1. The second kappa shape index (κ2) is 8.05. The first-order valence-corrected chi connectivity index (χ1v) is 9.63. The SMILES string of the molecule is CCOCCCN1C(=O)c2[nH]nc(-c3ccccc3O)c2C1c1ccccc1F. The molecule has 3 aromatic rings. The van der Waals surface area contributed by atoms with Crippen LogP contribution < -0.4 is 0 Å². The topological polar surface area (TPSA) is 78.5 Å². The Morgan fingerprint density at radius 2 is 1.97 bits per heavy atom. The third kappa shape index (κ3) is 3.38. The number of benzene rings is 2. The number of phenolic OH excluding ortho intramolecular Hbond substituents is 1. The van der Waals surface area contributed by atoms with E-state index in [9.17, 15) is 14.3 Å². The number of carbonyl (C=O) groups is 1. The fourth-order valence-electron chi connectivity index (χ4n) is 3.81. The maximum absolute atomic E-state index is 14.8. The summed E-state index contributed by atoms with van der Waals surface area (Å²) in [5.41, 5.74) is 2.25. The number of carbonyl (C=O) groups excluding carboxylic acids is 1. The van der Waals surface area contributed by atoms with Crippen LogP contribution in [0.15, 0.2) is 48.5 Å². The molecule has 0 radical (unpaired) electrons. The third-order valence-corrected chi connectivity index (χ3v) is 5.11. The van der Waals surface area contributed by atoms with E-state index in [2.05, 4.69) is 10.2 Å². The molecule has 2 heterocycles. The number of hydrogen-bond acceptors (Lipinski definition) is 4. The summed E-state index contributed by atoms with van der Waals surface area (Å²) < 4.78 is 20.2. The van der Waals surface area contributed by atoms with Gasteiger partial charge in [-0.05, 0) is 31.5 Å². The smallest absolute Gasteiger partial charge is 0.273 e. The Labute approximate surface area is 167 Å². The minimum absolute atomic E-state index is 0.0522. The molecule has 7 heteroatoms. The molecular formula is C22H22FN3O3. The van der Waals surface area contributed by atoms with Crippen LogP contribution >= 0.6 is 0 Å². The van der Waals surface area contributed by atoms with Gasteiger partial charge in [-0.15, -0.1) is 0 Å². The van der Waals surface area contributed by atoms with Crippen LogP contribution in [0.5, 0.6) is 5.75 Å². The molecule has 2 N–H and O–H groups in total. The van der Waals surface area contributed by atoms with Crippen molar-refractivity contribution in [3.05, 3.63) is 71.2 Å². The molecule has 0 bridgehead atoms. The molecule has 1 atom stereocenters. The van der Waals surface area contributed by atoms with E-state index in [4.69, 9.17) is 4.74 Å². The molecule has 0 aliphatic carbocycles. The van der Waals surface area contributed by atoms with Crippen molar-refractivity contribution in [2.24, 2.45) is 0 Å².